The number of hydrogen-bond acceptors (Lipinski definition) is 9. The van der Waals surface area contributed by atoms with E-state index in [4.69, 9.17) is 36.0 Å². The summed E-state index contributed by atoms with van der Waals surface area (Å²) in [7, 11) is 9.23. The molecule has 0 radical (unpaired) electrons. The summed E-state index contributed by atoms with van der Waals surface area (Å²) in [5, 5.41) is 12.3. The van der Waals surface area contributed by atoms with Crippen molar-refractivity contribution in [3.05, 3.63) is 53.4 Å². The van der Waals surface area contributed by atoms with Crippen molar-refractivity contribution in [2.75, 3.05) is 66.6 Å². The van der Waals surface area contributed by atoms with Gasteiger partial charge < -0.3 is 38.7 Å². The van der Waals surface area contributed by atoms with E-state index < -0.39 is 6.09 Å². The Morgan fingerprint density at radius 2 is 1.78 bits per heavy atom. The SMILES string of the molecule is COCOc1cc(-c2cc3nc(N4CC(N(C)C)C4)c4nc(CCC(=O)N(C)C)n(C5C6CC5N(C(=O)O)C6)c4c3nc2Cl)c2ccccc2c1. The monoisotopic (exact) mass is 712 g/mol. The summed E-state index contributed by atoms with van der Waals surface area (Å²) in [6.45, 7) is 2.12. The van der Waals surface area contributed by atoms with Crippen molar-refractivity contribution >= 4 is 62.3 Å². The molecule has 3 atom stereocenters. The molecule has 3 unspecified atom stereocenters. The summed E-state index contributed by atoms with van der Waals surface area (Å²) in [5.41, 5.74) is 4.27. The lowest BCUT2D eigenvalue weighted by atomic mass is 9.79. The summed E-state index contributed by atoms with van der Waals surface area (Å²) in [5.74, 6) is 2.22. The fraction of sp³-hybridized carbons (Fsp3) is 0.432. The fourth-order valence-electron chi connectivity index (χ4n) is 7.98. The fourth-order valence-corrected chi connectivity index (χ4v) is 8.22. The quantitative estimate of drug-likeness (QED) is 0.154. The zero-order valence-corrected chi connectivity index (χ0v) is 30.1. The zero-order valence-electron chi connectivity index (χ0n) is 29.3. The number of nitrogens with zero attached hydrogens (tertiary/aromatic N) is 8. The number of aryl methyl sites for hydroxylation is 1. The van der Waals surface area contributed by atoms with E-state index in [-0.39, 0.29) is 37.1 Å². The van der Waals surface area contributed by atoms with Crippen molar-refractivity contribution in [3.8, 4) is 16.9 Å². The maximum absolute atomic E-state index is 12.8. The van der Waals surface area contributed by atoms with E-state index in [1.807, 2.05) is 42.5 Å². The van der Waals surface area contributed by atoms with Crippen LogP contribution in [0.2, 0.25) is 5.15 Å². The molecule has 9 rings (SSSR count). The van der Waals surface area contributed by atoms with Crippen LogP contribution in [0.1, 0.15) is 24.7 Å². The normalized spacial score (nSPS) is 20.0. The molecule has 1 aliphatic carbocycles. The molecule has 1 saturated carbocycles. The van der Waals surface area contributed by atoms with E-state index in [1.54, 1.807) is 31.0 Å². The Balaban J connectivity index is 1.36. The lowest BCUT2D eigenvalue weighted by Crippen LogP contribution is -2.57. The maximum Gasteiger partial charge on any atom is 0.407 e. The van der Waals surface area contributed by atoms with Crippen molar-refractivity contribution in [2.45, 2.75) is 37.4 Å². The average molecular weight is 713 g/mol. The number of fused-ring (bicyclic) bond motifs is 5. The van der Waals surface area contributed by atoms with Gasteiger partial charge in [0, 0.05) is 71.2 Å². The maximum atomic E-state index is 12.8. The molecule has 2 bridgehead atoms. The number of methoxy groups -OCH3 is 1. The van der Waals surface area contributed by atoms with Crippen LogP contribution in [0.15, 0.2) is 42.5 Å². The first kappa shape index (κ1) is 33.4. The summed E-state index contributed by atoms with van der Waals surface area (Å²) in [4.78, 5) is 48.2. The Morgan fingerprint density at radius 1 is 1.00 bits per heavy atom. The van der Waals surface area contributed by atoms with E-state index in [0.717, 1.165) is 53.0 Å². The van der Waals surface area contributed by atoms with Crippen molar-refractivity contribution in [3.63, 3.8) is 0 Å². The minimum Gasteiger partial charge on any atom is -0.468 e. The molecule has 2 aromatic carbocycles. The molecule has 1 N–H and O–H groups in total. The summed E-state index contributed by atoms with van der Waals surface area (Å²) in [6.07, 6.45) is 0.519. The molecular weight excluding hydrogens is 672 g/mol. The number of carbonyl (C=O) groups excluding carboxylic acids is 1. The zero-order chi connectivity index (χ0) is 35.7. The first-order valence-electron chi connectivity index (χ1n) is 17.2. The average Bonchev–Trinajstić information content (AvgIpc) is 3.78. The third-order valence-electron chi connectivity index (χ3n) is 10.8. The lowest BCUT2D eigenvalue weighted by molar-refractivity contribution is -0.128. The molecule has 51 heavy (non-hydrogen) atoms. The number of benzene rings is 2. The number of rotatable bonds is 10. The third kappa shape index (κ3) is 5.58. The summed E-state index contributed by atoms with van der Waals surface area (Å²) >= 11 is 7.16. The molecule has 4 fully saturated rings. The summed E-state index contributed by atoms with van der Waals surface area (Å²) in [6, 6.07) is 14.0. The second-order valence-electron chi connectivity index (χ2n) is 14.3. The Hall–Kier alpha value is -4.72. The molecule has 0 spiro atoms. The van der Waals surface area contributed by atoms with Crippen LogP contribution in [-0.4, -0.2) is 125 Å². The van der Waals surface area contributed by atoms with E-state index >= 15 is 0 Å². The number of amides is 2. The van der Waals surface area contributed by atoms with Gasteiger partial charge in [0.05, 0.1) is 17.6 Å². The molecule has 14 heteroatoms. The predicted molar refractivity (Wildman–Crippen MR) is 196 cm³/mol. The van der Waals surface area contributed by atoms with E-state index in [9.17, 15) is 14.7 Å². The predicted octanol–water partition coefficient (Wildman–Crippen LogP) is 5.13. The third-order valence-corrected chi connectivity index (χ3v) is 11.1. The van der Waals surface area contributed by atoms with Crippen molar-refractivity contribution in [1.82, 2.24) is 34.2 Å². The largest absolute Gasteiger partial charge is 0.468 e. The first-order valence-corrected chi connectivity index (χ1v) is 17.6. The Bertz CT molecular complexity index is 2200. The smallest absolute Gasteiger partial charge is 0.407 e. The van der Waals surface area contributed by atoms with Gasteiger partial charge in [0.25, 0.3) is 0 Å². The van der Waals surface area contributed by atoms with Crippen LogP contribution in [0.25, 0.3) is 44.0 Å². The van der Waals surface area contributed by atoms with Crippen LogP contribution in [0, 0.1) is 5.92 Å². The number of hydrogen-bond donors (Lipinski definition) is 1. The molecular formula is C37H41ClN8O5. The number of ether oxygens (including phenoxy) is 2. The molecule has 2 amide bonds. The van der Waals surface area contributed by atoms with Gasteiger partial charge in [-0.05, 0) is 55.1 Å². The minimum absolute atomic E-state index is 0.00753. The van der Waals surface area contributed by atoms with Gasteiger partial charge in [-0.2, -0.15) is 0 Å². The standard InChI is InChI=1S/C37H41ClN8O5/c1-42(2)22-17-44(18-22)36-32-34(46(29(40-32)10-11-30(47)43(3)4)33-21-13-28(33)45(16-21)37(48)49)31-27(39-36)15-26(35(38)41-31)25-14-23(51-19-50-5)12-20-8-6-7-9-24(20)25/h6-9,12,14-15,21-22,28,33H,10-11,13,16-19H2,1-5H3,(H,48,49). The number of imidazole rings is 1. The summed E-state index contributed by atoms with van der Waals surface area (Å²) < 4.78 is 13.2. The molecule has 3 saturated heterocycles. The number of halogens is 1. The van der Waals surface area contributed by atoms with E-state index in [1.165, 1.54) is 0 Å². The molecule has 4 aliphatic rings. The number of aromatic nitrogens is 4. The van der Waals surface area contributed by atoms with Gasteiger partial charge in [-0.3, -0.25) is 4.79 Å². The van der Waals surface area contributed by atoms with Crippen LogP contribution in [-0.2, 0) is 16.0 Å². The van der Waals surface area contributed by atoms with Gasteiger partial charge in [0.2, 0.25) is 5.91 Å². The van der Waals surface area contributed by atoms with Crippen LogP contribution >= 0.6 is 11.6 Å². The van der Waals surface area contributed by atoms with Crippen LogP contribution in [0.5, 0.6) is 5.75 Å². The highest BCUT2D eigenvalue weighted by molar-refractivity contribution is 6.33. The second-order valence-corrected chi connectivity index (χ2v) is 14.6. The second kappa shape index (κ2) is 12.8. The first-order chi connectivity index (χ1) is 24.5. The van der Waals surface area contributed by atoms with E-state index in [0.29, 0.717) is 52.0 Å². The van der Waals surface area contributed by atoms with Crippen molar-refractivity contribution < 1.29 is 24.2 Å². The highest BCUT2D eigenvalue weighted by Crippen LogP contribution is 2.52. The van der Waals surface area contributed by atoms with Crippen LogP contribution < -0.4 is 9.64 Å². The van der Waals surface area contributed by atoms with Gasteiger partial charge in [-0.15, -0.1) is 0 Å². The number of carboxylic acid groups (broad SMARTS) is 1. The molecule has 3 aliphatic heterocycles. The van der Waals surface area contributed by atoms with Crippen LogP contribution in [0.4, 0.5) is 10.6 Å². The number of likely N-dealkylation sites (N-methyl/N-ethyl adjacent to an activating group) is 1. The van der Waals surface area contributed by atoms with Gasteiger partial charge in [-0.1, -0.05) is 35.9 Å². The molecule has 13 nitrogen and oxygen atoms in total. The van der Waals surface area contributed by atoms with Crippen LogP contribution in [0.3, 0.4) is 0 Å². The van der Waals surface area contributed by atoms with Crippen molar-refractivity contribution in [2.24, 2.45) is 5.92 Å². The Morgan fingerprint density at radius 3 is 2.49 bits per heavy atom. The van der Waals surface area contributed by atoms with Crippen molar-refractivity contribution in [1.29, 1.82) is 0 Å². The highest BCUT2D eigenvalue weighted by atomic mass is 35.5. The van der Waals surface area contributed by atoms with Gasteiger partial charge in [-0.25, -0.2) is 19.7 Å². The van der Waals surface area contributed by atoms with E-state index in [2.05, 4.69) is 28.5 Å². The van der Waals surface area contributed by atoms with Gasteiger partial charge in [0.1, 0.15) is 33.3 Å². The molecule has 266 valence electrons. The van der Waals surface area contributed by atoms with Gasteiger partial charge >= 0.3 is 6.09 Å². The topological polar surface area (TPSA) is 129 Å². The van der Waals surface area contributed by atoms with Gasteiger partial charge in [0.15, 0.2) is 12.6 Å². The highest BCUT2D eigenvalue weighted by Gasteiger charge is 2.56. The lowest BCUT2D eigenvalue weighted by Gasteiger charge is -2.43. The number of pyridine rings is 2. The number of carbonyl (C=O) groups is 2. The molecule has 5 aromatic rings. The number of anilines is 1. The molecule has 3 aromatic heterocycles. The Labute approximate surface area is 300 Å². The molecule has 6 heterocycles. The minimum atomic E-state index is -0.920. The Kier molecular flexibility index (Phi) is 8.39.